The van der Waals surface area contributed by atoms with Crippen molar-refractivity contribution in [2.75, 3.05) is 19.0 Å². The summed E-state index contributed by atoms with van der Waals surface area (Å²) >= 11 is 0. The number of para-hydroxylation sites is 1. The first kappa shape index (κ1) is 18.1. The summed E-state index contributed by atoms with van der Waals surface area (Å²) in [4.78, 5) is 24.1. The van der Waals surface area contributed by atoms with Crippen molar-refractivity contribution in [3.8, 4) is 11.4 Å². The first-order chi connectivity index (χ1) is 13.1. The normalized spacial score (nSPS) is 10.3. The van der Waals surface area contributed by atoms with Gasteiger partial charge in [-0.15, -0.1) is 0 Å². The molecule has 0 radical (unpaired) electrons. The third-order valence-corrected chi connectivity index (χ3v) is 3.58. The van der Waals surface area contributed by atoms with Crippen molar-refractivity contribution >= 4 is 17.6 Å². The lowest BCUT2D eigenvalue weighted by atomic mass is 10.3. The highest BCUT2D eigenvalue weighted by atomic mass is 19.1. The predicted molar refractivity (Wildman–Crippen MR) is 95.4 cm³/mol. The van der Waals surface area contributed by atoms with Gasteiger partial charge < -0.3 is 14.8 Å². The summed E-state index contributed by atoms with van der Waals surface area (Å²) in [5, 5.41) is 6.66. The van der Waals surface area contributed by atoms with E-state index in [1.807, 2.05) is 30.3 Å². The zero-order valence-electron chi connectivity index (χ0n) is 14.4. The predicted octanol–water partition coefficient (Wildman–Crippen LogP) is 2.82. The molecular formula is C19H16FN3O4. The van der Waals surface area contributed by atoms with Crippen molar-refractivity contribution in [2.45, 2.75) is 0 Å². The van der Waals surface area contributed by atoms with Crippen LogP contribution in [0.15, 0.2) is 60.8 Å². The van der Waals surface area contributed by atoms with Crippen molar-refractivity contribution in [1.29, 1.82) is 0 Å². The molecule has 1 heterocycles. The maximum Gasteiger partial charge on any atom is 0.363 e. The minimum absolute atomic E-state index is 0.0454. The molecule has 1 N–H and O–H groups in total. The number of nitrogens with zero attached hydrogens (tertiary/aromatic N) is 2. The summed E-state index contributed by atoms with van der Waals surface area (Å²) in [5.41, 5.74) is 1.09. The number of hydrogen-bond donors (Lipinski definition) is 1. The molecule has 0 unspecified atom stereocenters. The molecule has 3 aromatic rings. The molecule has 2 aromatic carbocycles. The Morgan fingerprint density at radius 3 is 2.48 bits per heavy atom. The molecule has 1 aromatic heterocycles. The van der Waals surface area contributed by atoms with E-state index < -0.39 is 24.3 Å². The number of nitrogens with one attached hydrogen (secondary N) is 1. The van der Waals surface area contributed by atoms with Crippen LogP contribution in [0.1, 0.15) is 10.5 Å². The number of halogens is 1. The van der Waals surface area contributed by atoms with E-state index >= 15 is 0 Å². The number of esters is 1. The van der Waals surface area contributed by atoms with E-state index in [2.05, 4.69) is 10.4 Å². The molecule has 138 valence electrons. The summed E-state index contributed by atoms with van der Waals surface area (Å²) in [5.74, 6) is -1.55. The summed E-state index contributed by atoms with van der Waals surface area (Å²) in [7, 11) is 1.41. The van der Waals surface area contributed by atoms with Crippen LogP contribution in [-0.4, -0.2) is 35.4 Å². The van der Waals surface area contributed by atoms with E-state index in [9.17, 15) is 14.0 Å². The molecule has 0 saturated carbocycles. The van der Waals surface area contributed by atoms with Crippen LogP contribution in [0.3, 0.4) is 0 Å². The van der Waals surface area contributed by atoms with Gasteiger partial charge in [-0.25, -0.2) is 13.9 Å². The van der Waals surface area contributed by atoms with Gasteiger partial charge in [0.05, 0.1) is 19.0 Å². The Morgan fingerprint density at radius 2 is 1.81 bits per heavy atom. The molecule has 0 aliphatic heterocycles. The Labute approximate surface area is 154 Å². The van der Waals surface area contributed by atoms with Gasteiger partial charge in [-0.1, -0.05) is 18.2 Å². The highest BCUT2D eigenvalue weighted by molar-refractivity contribution is 5.95. The molecule has 27 heavy (non-hydrogen) atoms. The van der Waals surface area contributed by atoms with Crippen LogP contribution < -0.4 is 10.1 Å². The zero-order chi connectivity index (χ0) is 19.2. The molecule has 0 bridgehead atoms. The van der Waals surface area contributed by atoms with Crippen LogP contribution in [-0.2, 0) is 9.53 Å². The number of aromatic nitrogens is 2. The van der Waals surface area contributed by atoms with Gasteiger partial charge >= 0.3 is 5.97 Å². The van der Waals surface area contributed by atoms with Crippen LogP contribution in [0.4, 0.5) is 10.1 Å². The first-order valence-electron chi connectivity index (χ1n) is 7.98. The van der Waals surface area contributed by atoms with Crippen LogP contribution in [0.2, 0.25) is 0 Å². The van der Waals surface area contributed by atoms with Gasteiger partial charge in [0.25, 0.3) is 5.91 Å². The van der Waals surface area contributed by atoms with Gasteiger partial charge in [-0.2, -0.15) is 5.10 Å². The van der Waals surface area contributed by atoms with Gasteiger partial charge in [0.2, 0.25) is 5.69 Å². The lowest BCUT2D eigenvalue weighted by molar-refractivity contribution is -0.119. The average Bonchev–Trinajstić information content (AvgIpc) is 3.13. The fraction of sp³-hybridized carbons (Fsp3) is 0.105. The topological polar surface area (TPSA) is 82.5 Å². The highest BCUT2D eigenvalue weighted by Crippen LogP contribution is 2.20. The Bertz CT molecular complexity index is 939. The van der Waals surface area contributed by atoms with Crippen LogP contribution in [0.25, 0.3) is 5.69 Å². The number of amides is 1. The largest absolute Gasteiger partial charge is 0.493 e. The minimum atomic E-state index is -0.796. The molecule has 1 amide bonds. The second-order valence-electron chi connectivity index (χ2n) is 5.46. The van der Waals surface area contributed by atoms with E-state index in [1.165, 1.54) is 36.1 Å². The number of anilines is 1. The fourth-order valence-corrected chi connectivity index (χ4v) is 2.29. The summed E-state index contributed by atoms with van der Waals surface area (Å²) < 4.78 is 24.5. The lowest BCUT2D eigenvalue weighted by Gasteiger charge is -2.06. The average molecular weight is 369 g/mol. The van der Waals surface area contributed by atoms with Gasteiger partial charge in [0.15, 0.2) is 12.4 Å². The quantitative estimate of drug-likeness (QED) is 0.676. The van der Waals surface area contributed by atoms with Crippen LogP contribution in [0, 0.1) is 5.82 Å². The van der Waals surface area contributed by atoms with Gasteiger partial charge in [-0.05, 0) is 36.4 Å². The lowest BCUT2D eigenvalue weighted by Crippen LogP contribution is -2.21. The van der Waals surface area contributed by atoms with Gasteiger partial charge in [0.1, 0.15) is 5.82 Å². The standard InChI is InChI=1S/C19H16FN3O4/c1-26-16-11-23(15-5-3-2-4-6-15)22-18(16)19(25)27-12-17(24)21-14-9-7-13(20)8-10-14/h2-11H,12H2,1H3,(H,21,24). The molecule has 3 rings (SSSR count). The minimum Gasteiger partial charge on any atom is -0.493 e. The molecular weight excluding hydrogens is 353 g/mol. The maximum atomic E-state index is 12.9. The Balaban J connectivity index is 1.64. The van der Waals surface area contributed by atoms with Crippen molar-refractivity contribution in [3.05, 3.63) is 72.3 Å². The number of rotatable bonds is 6. The van der Waals surface area contributed by atoms with Crippen molar-refractivity contribution in [2.24, 2.45) is 0 Å². The van der Waals surface area contributed by atoms with Gasteiger partial charge in [-0.3, -0.25) is 4.79 Å². The Kier molecular flexibility index (Phi) is 5.46. The number of benzene rings is 2. The zero-order valence-corrected chi connectivity index (χ0v) is 14.4. The van der Waals surface area contributed by atoms with Gasteiger partial charge in [0, 0.05) is 5.69 Å². The van der Waals surface area contributed by atoms with Crippen molar-refractivity contribution < 1.29 is 23.5 Å². The molecule has 0 spiro atoms. The first-order valence-corrected chi connectivity index (χ1v) is 7.98. The van der Waals surface area contributed by atoms with Crippen molar-refractivity contribution in [3.63, 3.8) is 0 Å². The number of methoxy groups -OCH3 is 1. The highest BCUT2D eigenvalue weighted by Gasteiger charge is 2.21. The molecule has 0 aliphatic rings. The fourth-order valence-electron chi connectivity index (χ4n) is 2.29. The van der Waals surface area contributed by atoms with E-state index in [1.54, 1.807) is 6.20 Å². The summed E-state index contributed by atoms with van der Waals surface area (Å²) in [6, 6.07) is 14.4. The third kappa shape index (κ3) is 4.49. The van der Waals surface area contributed by atoms with Crippen LogP contribution in [0.5, 0.6) is 5.75 Å². The summed E-state index contributed by atoms with van der Waals surface area (Å²) in [6.45, 7) is -0.516. The van der Waals surface area contributed by atoms with Crippen LogP contribution >= 0.6 is 0 Å². The monoisotopic (exact) mass is 369 g/mol. The second-order valence-corrected chi connectivity index (χ2v) is 5.46. The molecule has 0 fully saturated rings. The van der Waals surface area contributed by atoms with E-state index in [4.69, 9.17) is 9.47 Å². The number of carbonyl (C=O) groups is 2. The molecule has 0 atom stereocenters. The maximum absolute atomic E-state index is 12.9. The Morgan fingerprint density at radius 1 is 1.11 bits per heavy atom. The molecule has 7 nitrogen and oxygen atoms in total. The third-order valence-electron chi connectivity index (χ3n) is 3.58. The SMILES string of the molecule is COc1cn(-c2ccccc2)nc1C(=O)OCC(=O)Nc1ccc(F)cc1. The second kappa shape index (κ2) is 8.13. The van der Waals surface area contributed by atoms with E-state index in [0.717, 1.165) is 5.69 Å². The summed E-state index contributed by atoms with van der Waals surface area (Å²) in [6.07, 6.45) is 1.55. The smallest absolute Gasteiger partial charge is 0.363 e. The van der Waals surface area contributed by atoms with E-state index in [-0.39, 0.29) is 11.4 Å². The van der Waals surface area contributed by atoms with E-state index in [0.29, 0.717) is 5.69 Å². The number of hydrogen-bond acceptors (Lipinski definition) is 5. The molecule has 0 aliphatic carbocycles. The number of carbonyl (C=O) groups excluding carboxylic acids is 2. The molecule has 0 saturated heterocycles. The number of ether oxygens (including phenoxy) is 2. The molecule has 8 heteroatoms. The Hall–Kier alpha value is -3.68. The van der Waals surface area contributed by atoms with Crippen molar-refractivity contribution in [1.82, 2.24) is 9.78 Å².